The van der Waals surface area contributed by atoms with E-state index in [2.05, 4.69) is 12.6 Å². The lowest BCUT2D eigenvalue weighted by Crippen LogP contribution is -2.25. The Balaban J connectivity index is 3.34. The first-order valence-corrected chi connectivity index (χ1v) is 2.81. The Bertz CT molecular complexity index is 268. The SMILES string of the molecule is Nn1cc(S)ccc1=O. The summed E-state index contributed by atoms with van der Waals surface area (Å²) >= 11 is 3.96. The van der Waals surface area contributed by atoms with Crippen molar-refractivity contribution in [3.8, 4) is 0 Å². The van der Waals surface area contributed by atoms with Crippen LogP contribution in [0.4, 0.5) is 0 Å². The number of aromatic nitrogens is 1. The van der Waals surface area contributed by atoms with Crippen molar-refractivity contribution in [1.82, 2.24) is 4.68 Å². The topological polar surface area (TPSA) is 48.0 Å². The molecule has 0 spiro atoms. The van der Waals surface area contributed by atoms with Crippen LogP contribution in [-0.4, -0.2) is 4.68 Å². The van der Waals surface area contributed by atoms with Gasteiger partial charge in [0, 0.05) is 17.2 Å². The molecule has 4 heteroatoms. The molecule has 1 aromatic rings. The molecule has 0 saturated heterocycles. The molecular weight excluding hydrogens is 136 g/mol. The van der Waals surface area contributed by atoms with Crippen LogP contribution in [0.25, 0.3) is 0 Å². The third kappa shape index (κ3) is 1.26. The minimum atomic E-state index is -0.229. The zero-order chi connectivity index (χ0) is 6.85. The first-order chi connectivity index (χ1) is 4.20. The van der Waals surface area contributed by atoms with E-state index in [0.29, 0.717) is 4.90 Å². The van der Waals surface area contributed by atoms with Crippen molar-refractivity contribution in [3.63, 3.8) is 0 Å². The number of nitrogens with zero attached hydrogens (tertiary/aromatic N) is 1. The number of nitrogen functional groups attached to an aromatic ring is 1. The maximum atomic E-state index is 10.6. The van der Waals surface area contributed by atoms with E-state index in [1.165, 1.54) is 12.3 Å². The first-order valence-electron chi connectivity index (χ1n) is 2.37. The summed E-state index contributed by atoms with van der Waals surface area (Å²) in [5.74, 6) is 5.18. The van der Waals surface area contributed by atoms with Crippen LogP contribution in [-0.2, 0) is 0 Å². The fourth-order valence-corrected chi connectivity index (χ4v) is 0.691. The molecule has 0 fully saturated rings. The second-order valence-corrected chi connectivity index (χ2v) is 2.15. The molecule has 3 nitrogen and oxygen atoms in total. The lowest BCUT2D eigenvalue weighted by atomic mass is 10.5. The number of hydrogen-bond donors (Lipinski definition) is 2. The van der Waals surface area contributed by atoms with Crippen LogP contribution in [0, 0.1) is 0 Å². The highest BCUT2D eigenvalue weighted by Gasteiger charge is 1.87. The molecule has 0 amide bonds. The number of hydrogen-bond acceptors (Lipinski definition) is 3. The van der Waals surface area contributed by atoms with Crippen LogP contribution < -0.4 is 11.4 Å². The Hall–Kier alpha value is -0.900. The van der Waals surface area contributed by atoms with Crippen molar-refractivity contribution in [2.24, 2.45) is 0 Å². The monoisotopic (exact) mass is 142 g/mol. The van der Waals surface area contributed by atoms with E-state index in [-0.39, 0.29) is 5.56 Å². The summed E-state index contributed by atoms with van der Waals surface area (Å²) in [7, 11) is 0. The molecule has 0 atom stereocenters. The van der Waals surface area contributed by atoms with Gasteiger partial charge in [0.25, 0.3) is 5.56 Å². The van der Waals surface area contributed by atoms with Gasteiger partial charge in [0.05, 0.1) is 0 Å². The minimum Gasteiger partial charge on any atom is -0.336 e. The lowest BCUT2D eigenvalue weighted by Gasteiger charge is -1.94. The number of pyridine rings is 1. The van der Waals surface area contributed by atoms with E-state index in [4.69, 9.17) is 5.84 Å². The van der Waals surface area contributed by atoms with E-state index in [9.17, 15) is 4.79 Å². The van der Waals surface area contributed by atoms with Gasteiger partial charge in [-0.3, -0.25) is 4.79 Å². The van der Waals surface area contributed by atoms with Crippen LogP contribution in [0.2, 0.25) is 0 Å². The second kappa shape index (κ2) is 2.14. The quantitative estimate of drug-likeness (QED) is 0.391. The molecule has 2 N–H and O–H groups in total. The summed E-state index contributed by atoms with van der Waals surface area (Å²) in [6.07, 6.45) is 1.45. The number of rotatable bonds is 0. The molecule has 1 rings (SSSR count). The molecule has 0 aliphatic carbocycles. The third-order valence-corrected chi connectivity index (χ3v) is 1.19. The average Bonchev–Trinajstić information content (AvgIpc) is 1.80. The molecule has 0 bridgehead atoms. The van der Waals surface area contributed by atoms with Crippen molar-refractivity contribution >= 4 is 12.6 Å². The predicted octanol–water partition coefficient (Wildman–Crippen LogP) is -0.149. The maximum Gasteiger partial charge on any atom is 0.268 e. The predicted molar refractivity (Wildman–Crippen MR) is 38.1 cm³/mol. The van der Waals surface area contributed by atoms with Crippen molar-refractivity contribution in [3.05, 3.63) is 28.7 Å². The molecule has 0 aromatic carbocycles. The van der Waals surface area contributed by atoms with Gasteiger partial charge >= 0.3 is 0 Å². The van der Waals surface area contributed by atoms with E-state index in [1.807, 2.05) is 0 Å². The van der Waals surface area contributed by atoms with Crippen LogP contribution >= 0.6 is 12.6 Å². The summed E-state index contributed by atoms with van der Waals surface area (Å²) in [4.78, 5) is 11.3. The first kappa shape index (κ1) is 6.22. The van der Waals surface area contributed by atoms with Gasteiger partial charge in [-0.1, -0.05) is 0 Å². The average molecular weight is 142 g/mol. The Morgan fingerprint density at radius 2 is 2.22 bits per heavy atom. The van der Waals surface area contributed by atoms with Crippen molar-refractivity contribution in [2.45, 2.75) is 4.90 Å². The fourth-order valence-electron chi connectivity index (χ4n) is 0.492. The summed E-state index contributed by atoms with van der Waals surface area (Å²) in [6, 6.07) is 2.96. The van der Waals surface area contributed by atoms with Crippen molar-refractivity contribution < 1.29 is 0 Å². The molecule has 0 saturated carbocycles. The van der Waals surface area contributed by atoms with Gasteiger partial charge in [0.2, 0.25) is 0 Å². The van der Waals surface area contributed by atoms with Gasteiger partial charge in [0.15, 0.2) is 0 Å². The van der Waals surface area contributed by atoms with Crippen molar-refractivity contribution in [1.29, 1.82) is 0 Å². The van der Waals surface area contributed by atoms with Gasteiger partial charge in [-0.2, -0.15) is 0 Å². The zero-order valence-corrected chi connectivity index (χ0v) is 5.51. The van der Waals surface area contributed by atoms with Gasteiger partial charge < -0.3 is 5.84 Å². The summed E-state index contributed by atoms with van der Waals surface area (Å²) < 4.78 is 0.988. The van der Waals surface area contributed by atoms with Crippen molar-refractivity contribution in [2.75, 3.05) is 5.84 Å². The maximum absolute atomic E-state index is 10.6. The highest BCUT2D eigenvalue weighted by molar-refractivity contribution is 7.80. The second-order valence-electron chi connectivity index (χ2n) is 1.63. The molecule has 1 heterocycles. The molecular formula is C5H6N2OS. The van der Waals surface area contributed by atoms with Gasteiger partial charge in [-0.25, -0.2) is 4.68 Å². The highest BCUT2D eigenvalue weighted by atomic mass is 32.1. The van der Waals surface area contributed by atoms with Crippen LogP contribution in [0.5, 0.6) is 0 Å². The minimum absolute atomic E-state index is 0.229. The van der Waals surface area contributed by atoms with Crippen LogP contribution in [0.3, 0.4) is 0 Å². The summed E-state index contributed by atoms with van der Waals surface area (Å²) in [5, 5.41) is 0. The normalized spacial score (nSPS) is 9.44. The highest BCUT2D eigenvalue weighted by Crippen LogP contribution is 1.97. The molecule has 48 valence electrons. The molecule has 0 aliphatic heterocycles. The molecule has 0 aliphatic rings. The van der Waals surface area contributed by atoms with E-state index in [1.54, 1.807) is 6.07 Å². The Kier molecular flexibility index (Phi) is 1.48. The zero-order valence-electron chi connectivity index (χ0n) is 4.61. The molecule has 0 radical (unpaired) electrons. The largest absolute Gasteiger partial charge is 0.336 e. The van der Waals surface area contributed by atoms with Crippen LogP contribution in [0.1, 0.15) is 0 Å². The van der Waals surface area contributed by atoms with E-state index >= 15 is 0 Å². The molecule has 9 heavy (non-hydrogen) atoms. The molecule has 1 aromatic heterocycles. The van der Waals surface area contributed by atoms with Gasteiger partial charge in [0.1, 0.15) is 0 Å². The van der Waals surface area contributed by atoms with E-state index in [0.717, 1.165) is 4.68 Å². The van der Waals surface area contributed by atoms with Crippen LogP contribution in [0.15, 0.2) is 28.0 Å². The molecule has 0 unspecified atom stereocenters. The smallest absolute Gasteiger partial charge is 0.268 e. The third-order valence-electron chi connectivity index (χ3n) is 0.923. The summed E-state index contributed by atoms with van der Waals surface area (Å²) in [6.45, 7) is 0. The van der Waals surface area contributed by atoms with Gasteiger partial charge in [-0.15, -0.1) is 12.6 Å². The number of thiol groups is 1. The van der Waals surface area contributed by atoms with E-state index < -0.39 is 0 Å². The Morgan fingerprint density at radius 3 is 2.67 bits per heavy atom. The Labute approximate surface area is 57.5 Å². The van der Waals surface area contributed by atoms with Gasteiger partial charge in [-0.05, 0) is 6.07 Å². The fraction of sp³-hybridized carbons (Fsp3) is 0. The number of nitrogens with two attached hydrogens (primary N) is 1. The summed E-state index contributed by atoms with van der Waals surface area (Å²) in [5.41, 5.74) is -0.229. The standard InChI is InChI=1S/C5H6N2OS/c6-7-3-4(9)1-2-5(7)8/h1-3,9H,6H2. The lowest BCUT2D eigenvalue weighted by molar-refractivity contribution is 0.912. The Morgan fingerprint density at radius 1 is 1.56 bits per heavy atom.